The zero-order valence-corrected chi connectivity index (χ0v) is 16.5. The van der Waals surface area contributed by atoms with E-state index in [9.17, 15) is 17.9 Å². The van der Waals surface area contributed by atoms with Crippen LogP contribution >= 0.6 is 0 Å². The average Bonchev–Trinajstić information content (AvgIpc) is 3.11. The van der Waals surface area contributed by atoms with Gasteiger partial charge in [-0.05, 0) is 43.5 Å². The third kappa shape index (κ3) is 5.60. The Morgan fingerprint density at radius 1 is 1.29 bits per heavy atom. The van der Waals surface area contributed by atoms with Crippen molar-refractivity contribution in [2.24, 2.45) is 0 Å². The molecule has 2 N–H and O–H groups in total. The molecule has 0 aliphatic carbocycles. The molecular formula is C19H25FN2O5S. The van der Waals surface area contributed by atoms with Gasteiger partial charge in [-0.15, -0.1) is 0 Å². The van der Waals surface area contributed by atoms with Crippen LogP contribution in [0.2, 0.25) is 0 Å². The number of hydrogen-bond acceptors (Lipinski definition) is 6. The summed E-state index contributed by atoms with van der Waals surface area (Å²) in [4.78, 5) is 0. The highest BCUT2D eigenvalue weighted by atomic mass is 32.2. The number of aliphatic hydroxyl groups is 1. The minimum Gasteiger partial charge on any atom is -0.390 e. The lowest BCUT2D eigenvalue weighted by Crippen LogP contribution is -2.46. The molecule has 1 aliphatic heterocycles. The van der Waals surface area contributed by atoms with E-state index in [1.165, 1.54) is 12.1 Å². The van der Waals surface area contributed by atoms with Crippen molar-refractivity contribution in [2.45, 2.75) is 50.9 Å². The second kappa shape index (κ2) is 9.13. The van der Waals surface area contributed by atoms with Gasteiger partial charge in [0.15, 0.2) is 5.76 Å². The van der Waals surface area contributed by atoms with Gasteiger partial charge in [-0.1, -0.05) is 12.1 Å². The number of halogens is 1. The zero-order valence-electron chi connectivity index (χ0n) is 15.7. The molecule has 0 bridgehead atoms. The number of hydrogen-bond donors (Lipinski definition) is 2. The summed E-state index contributed by atoms with van der Waals surface area (Å²) >= 11 is 0. The topological polar surface area (TPSA) is 102 Å². The van der Waals surface area contributed by atoms with Gasteiger partial charge in [0.1, 0.15) is 5.82 Å². The molecule has 1 aliphatic rings. The summed E-state index contributed by atoms with van der Waals surface area (Å²) in [5.74, 6) is 0.262. The molecule has 1 aromatic carbocycles. The molecule has 2 aromatic rings. The molecule has 9 heteroatoms. The molecule has 3 rings (SSSR count). The van der Waals surface area contributed by atoms with Crippen LogP contribution in [-0.4, -0.2) is 49.3 Å². The van der Waals surface area contributed by atoms with E-state index >= 15 is 0 Å². The largest absolute Gasteiger partial charge is 0.390 e. The maximum Gasteiger partial charge on any atom is 0.211 e. The van der Waals surface area contributed by atoms with Gasteiger partial charge in [-0.3, -0.25) is 0 Å². The summed E-state index contributed by atoms with van der Waals surface area (Å²) in [5, 5.41) is 14.2. The van der Waals surface area contributed by atoms with Crippen molar-refractivity contribution >= 4 is 10.0 Å². The summed E-state index contributed by atoms with van der Waals surface area (Å²) in [6, 6.07) is 7.72. The molecule has 0 saturated carbocycles. The number of aromatic nitrogens is 1. The van der Waals surface area contributed by atoms with Gasteiger partial charge in [-0.2, -0.15) is 0 Å². The molecule has 28 heavy (non-hydrogen) atoms. The summed E-state index contributed by atoms with van der Waals surface area (Å²) in [6.07, 6.45) is 0.646. The maximum atomic E-state index is 13.0. The van der Waals surface area contributed by atoms with E-state index in [0.717, 1.165) is 5.56 Å². The third-order valence-electron chi connectivity index (χ3n) is 4.68. The van der Waals surface area contributed by atoms with Gasteiger partial charge >= 0.3 is 0 Å². The van der Waals surface area contributed by atoms with Crippen LogP contribution in [0.25, 0.3) is 11.3 Å². The average molecular weight is 412 g/mol. The fourth-order valence-electron chi connectivity index (χ4n) is 3.22. The highest BCUT2D eigenvalue weighted by Crippen LogP contribution is 2.25. The fraction of sp³-hybridized carbons (Fsp3) is 0.526. The monoisotopic (exact) mass is 412 g/mol. The number of nitrogens with one attached hydrogen (secondary N) is 1. The lowest BCUT2D eigenvalue weighted by molar-refractivity contribution is -0.113. The first-order valence-corrected chi connectivity index (χ1v) is 11.0. The Hall–Kier alpha value is -1.81. The van der Waals surface area contributed by atoms with E-state index in [4.69, 9.17) is 9.26 Å². The van der Waals surface area contributed by atoms with Gasteiger partial charge in [-0.25, -0.2) is 17.5 Å². The predicted molar refractivity (Wildman–Crippen MR) is 102 cm³/mol. The molecule has 0 amide bonds. The van der Waals surface area contributed by atoms with Gasteiger partial charge in [0.25, 0.3) is 0 Å². The first-order valence-electron chi connectivity index (χ1n) is 9.38. The summed E-state index contributed by atoms with van der Waals surface area (Å²) in [5.41, 5.74) is 1.41. The minimum atomic E-state index is -3.36. The van der Waals surface area contributed by atoms with E-state index in [1.54, 1.807) is 25.1 Å². The maximum absolute atomic E-state index is 13.0. The first-order chi connectivity index (χ1) is 13.4. The quantitative estimate of drug-likeness (QED) is 0.690. The zero-order chi connectivity index (χ0) is 20.1. The fourth-order valence-corrected chi connectivity index (χ4v) is 4.32. The molecule has 1 aromatic heterocycles. The van der Waals surface area contributed by atoms with Crippen molar-refractivity contribution in [2.75, 3.05) is 12.3 Å². The molecule has 154 valence electrons. The van der Waals surface area contributed by atoms with Gasteiger partial charge in [0.2, 0.25) is 10.0 Å². The normalized spacial score (nSPS) is 23.0. The lowest BCUT2D eigenvalue weighted by atomic mass is 9.98. The molecule has 2 heterocycles. The molecule has 1 saturated heterocycles. The van der Waals surface area contributed by atoms with Gasteiger partial charge < -0.3 is 14.4 Å². The Kier molecular flexibility index (Phi) is 6.82. The molecule has 7 nitrogen and oxygen atoms in total. The SMILES string of the molecule is CCCS(=O)(=O)NC[C@H]1O[C@H](Cc2cc(-c3ccc(F)cc3)on2)CC[C@@H]1O. The predicted octanol–water partition coefficient (Wildman–Crippen LogP) is 2.26. The number of aliphatic hydroxyl groups excluding tert-OH is 1. The number of benzene rings is 1. The van der Waals surface area contributed by atoms with Crippen LogP contribution in [0, 0.1) is 5.82 Å². The first kappa shape index (κ1) is 20.9. The van der Waals surface area contributed by atoms with Crippen molar-refractivity contribution in [3.63, 3.8) is 0 Å². The Labute approximate surface area is 163 Å². The van der Waals surface area contributed by atoms with Crippen LogP contribution in [0.3, 0.4) is 0 Å². The summed E-state index contributed by atoms with van der Waals surface area (Å²) in [7, 11) is -3.36. The molecule has 0 unspecified atom stereocenters. The number of rotatable bonds is 8. The second-order valence-electron chi connectivity index (χ2n) is 7.00. The molecule has 0 radical (unpaired) electrons. The molecular weight excluding hydrogens is 387 g/mol. The minimum absolute atomic E-state index is 0.0413. The third-order valence-corrected chi connectivity index (χ3v) is 6.23. The van der Waals surface area contributed by atoms with Gasteiger partial charge in [0, 0.05) is 24.6 Å². The van der Waals surface area contributed by atoms with Crippen molar-refractivity contribution in [1.29, 1.82) is 0 Å². The van der Waals surface area contributed by atoms with Crippen LogP contribution < -0.4 is 4.72 Å². The molecule has 1 fully saturated rings. The number of nitrogens with zero attached hydrogens (tertiary/aromatic N) is 1. The van der Waals surface area contributed by atoms with Crippen LogP contribution in [-0.2, 0) is 21.2 Å². The Balaban J connectivity index is 1.58. The molecule has 3 atom stereocenters. The van der Waals surface area contributed by atoms with E-state index < -0.39 is 22.2 Å². The number of sulfonamides is 1. The van der Waals surface area contributed by atoms with Crippen LogP contribution in [0.4, 0.5) is 4.39 Å². The summed E-state index contributed by atoms with van der Waals surface area (Å²) in [6.45, 7) is 1.83. The van der Waals surface area contributed by atoms with Crippen molar-refractivity contribution < 1.29 is 27.2 Å². The number of ether oxygens (including phenoxy) is 1. The van der Waals surface area contributed by atoms with Crippen molar-refractivity contribution in [1.82, 2.24) is 9.88 Å². The highest BCUT2D eigenvalue weighted by Gasteiger charge is 2.31. The lowest BCUT2D eigenvalue weighted by Gasteiger charge is -2.33. The molecule has 0 spiro atoms. The van der Waals surface area contributed by atoms with Crippen LogP contribution in [0.1, 0.15) is 31.9 Å². The smallest absolute Gasteiger partial charge is 0.211 e. The second-order valence-corrected chi connectivity index (χ2v) is 8.93. The highest BCUT2D eigenvalue weighted by molar-refractivity contribution is 7.89. The Bertz CT molecular complexity index is 869. The Morgan fingerprint density at radius 2 is 2.04 bits per heavy atom. The van der Waals surface area contributed by atoms with Gasteiger partial charge in [0.05, 0.1) is 29.8 Å². The van der Waals surface area contributed by atoms with E-state index in [-0.39, 0.29) is 24.2 Å². The van der Waals surface area contributed by atoms with E-state index in [2.05, 4.69) is 9.88 Å². The van der Waals surface area contributed by atoms with Crippen molar-refractivity contribution in [3.8, 4) is 11.3 Å². The standard InChI is InChI=1S/C19H25FN2O5S/c1-2-9-28(24,25)21-12-19-17(23)8-7-16(26-19)10-15-11-18(27-22-15)13-3-5-14(20)6-4-13/h3-6,11,16-17,19,21,23H,2,7-10,12H2,1H3/t16-,17-,19+/m0/s1. The van der Waals surface area contributed by atoms with Crippen molar-refractivity contribution in [3.05, 3.63) is 41.8 Å². The van der Waals surface area contributed by atoms with Crippen LogP contribution in [0.15, 0.2) is 34.9 Å². The van der Waals surface area contributed by atoms with Crippen LogP contribution in [0.5, 0.6) is 0 Å². The van der Waals surface area contributed by atoms with E-state index in [0.29, 0.717) is 37.1 Å². The van der Waals surface area contributed by atoms with E-state index in [1.807, 2.05) is 0 Å². The summed E-state index contributed by atoms with van der Waals surface area (Å²) < 4.78 is 50.4. The Morgan fingerprint density at radius 3 is 2.75 bits per heavy atom.